The van der Waals surface area contributed by atoms with Crippen molar-refractivity contribution in [1.82, 2.24) is 49.2 Å². The molecule has 2 aliphatic rings. The summed E-state index contributed by atoms with van der Waals surface area (Å²) < 4.78 is 96.1. The van der Waals surface area contributed by atoms with Crippen LogP contribution in [0.1, 0.15) is 80.1 Å². The van der Waals surface area contributed by atoms with Gasteiger partial charge in [-0.25, -0.2) is 28.7 Å². The van der Waals surface area contributed by atoms with Gasteiger partial charge in [-0.1, -0.05) is 153 Å². The Hall–Kier alpha value is -10.0. The number of anilines is 2. The fourth-order valence-corrected chi connectivity index (χ4v) is 15.9. The molecule has 104 heavy (non-hydrogen) atoms. The number of aryl methyl sites for hydroxylation is 2. The zero-order valence-corrected chi connectivity index (χ0v) is 59.2. The van der Waals surface area contributed by atoms with Gasteiger partial charge >= 0.3 is 27.4 Å². The van der Waals surface area contributed by atoms with Crippen LogP contribution in [0.15, 0.2) is 164 Å². The molecule has 30 nitrogen and oxygen atoms in total. The summed E-state index contributed by atoms with van der Waals surface area (Å²) in [5.74, 6) is -1.31. The highest BCUT2D eigenvalue weighted by Crippen LogP contribution is 2.53. The number of aromatic nitrogens is 8. The fraction of sp³-hybridized carbons (Fsp3) is 0.306. The van der Waals surface area contributed by atoms with E-state index in [4.69, 9.17) is 58.0 Å². The van der Waals surface area contributed by atoms with Gasteiger partial charge in [0.15, 0.2) is 34.8 Å². The minimum absolute atomic E-state index is 0.0149. The molecule has 32 heteroatoms. The van der Waals surface area contributed by atoms with E-state index in [0.29, 0.717) is 50.2 Å². The normalized spacial score (nSPS) is 22.1. The number of hydrogen-bond acceptors (Lipinski definition) is 26. The molecule has 6 heterocycles. The van der Waals surface area contributed by atoms with Crippen LogP contribution in [0.2, 0.25) is 0 Å². The molecule has 11 aromatic rings. The molecule has 0 amide bonds. The van der Waals surface area contributed by atoms with Gasteiger partial charge in [0.05, 0.1) is 34.0 Å². The maximum Gasteiger partial charge on any atom is 0.459 e. The average molecular weight is 1460 g/mol. The van der Waals surface area contributed by atoms with Crippen molar-refractivity contribution in [3.05, 3.63) is 192 Å². The molecule has 10 N–H and O–H groups in total. The molecule has 2 saturated heterocycles. The van der Waals surface area contributed by atoms with Crippen LogP contribution in [0.5, 0.6) is 23.3 Å². The molecule has 12 atom stereocenters. The van der Waals surface area contributed by atoms with Crippen molar-refractivity contribution >= 4 is 83.2 Å². The first-order chi connectivity index (χ1) is 49.9. The van der Waals surface area contributed by atoms with Crippen LogP contribution >= 0.6 is 15.5 Å². The number of carbonyl (C=O) groups is 2. The van der Waals surface area contributed by atoms with Crippen molar-refractivity contribution in [2.75, 3.05) is 45.5 Å². The molecule has 542 valence electrons. The van der Waals surface area contributed by atoms with Gasteiger partial charge in [0, 0.05) is 10.8 Å². The van der Waals surface area contributed by atoms with Crippen LogP contribution in [0.4, 0.5) is 11.9 Å². The Kier molecular flexibility index (Phi) is 20.6. The summed E-state index contributed by atoms with van der Waals surface area (Å²) in [7, 11) is -7.14. The number of methoxy groups -OCH3 is 2. The van der Waals surface area contributed by atoms with E-state index >= 15 is 13.9 Å². The molecule has 0 spiro atoms. The van der Waals surface area contributed by atoms with E-state index in [2.05, 4.69) is 40.1 Å². The van der Waals surface area contributed by atoms with Gasteiger partial charge < -0.3 is 69.4 Å². The predicted octanol–water partition coefficient (Wildman–Crippen LogP) is 9.52. The second-order valence-electron chi connectivity index (χ2n) is 25.3. The molecule has 4 aromatic heterocycles. The Balaban J connectivity index is 0.848. The molecule has 0 bridgehead atoms. The third kappa shape index (κ3) is 14.4. The van der Waals surface area contributed by atoms with Crippen molar-refractivity contribution in [3.63, 3.8) is 0 Å². The lowest BCUT2D eigenvalue weighted by atomic mass is 9.95. The topological polar surface area (TPSA) is 405 Å². The van der Waals surface area contributed by atoms with Crippen LogP contribution in [-0.2, 0) is 53.3 Å². The van der Waals surface area contributed by atoms with E-state index in [9.17, 15) is 25.2 Å². The minimum Gasteiger partial charge on any atom is -0.479 e. The van der Waals surface area contributed by atoms with Gasteiger partial charge in [-0.3, -0.25) is 18.2 Å². The van der Waals surface area contributed by atoms with E-state index in [0.717, 1.165) is 0 Å². The van der Waals surface area contributed by atoms with Crippen molar-refractivity contribution < 1.29 is 85.7 Å². The van der Waals surface area contributed by atoms with Crippen LogP contribution in [0, 0.1) is 13.8 Å². The van der Waals surface area contributed by atoms with Crippen molar-refractivity contribution in [2.45, 2.75) is 108 Å². The average Bonchev–Trinajstić information content (AvgIpc) is 1.58. The Morgan fingerprint density at radius 1 is 0.577 bits per heavy atom. The summed E-state index contributed by atoms with van der Waals surface area (Å²) in [5.41, 5.74) is 10.8. The number of esters is 2. The second kappa shape index (κ2) is 29.6. The summed E-state index contributed by atoms with van der Waals surface area (Å²) in [6.45, 7) is 6.14. The molecule has 0 radical (unpaired) electrons. The maximum absolute atomic E-state index is 16.1. The summed E-state index contributed by atoms with van der Waals surface area (Å²) in [6.07, 6.45) is -8.63. The van der Waals surface area contributed by atoms with Crippen LogP contribution in [0.3, 0.4) is 0 Å². The first-order valence-corrected chi connectivity index (χ1v) is 36.2. The van der Waals surface area contributed by atoms with E-state index in [1.807, 2.05) is 31.2 Å². The number of nitrogens with two attached hydrogens (primary N) is 2. The first-order valence-electron chi connectivity index (χ1n) is 33.1. The van der Waals surface area contributed by atoms with Crippen LogP contribution < -0.4 is 40.2 Å². The number of carbonyl (C=O) groups excluding carboxylic acids is 2. The Labute approximate surface area is 595 Å². The highest BCUT2D eigenvalue weighted by atomic mass is 31.2. The van der Waals surface area contributed by atoms with Gasteiger partial charge in [0.2, 0.25) is 23.7 Å². The highest BCUT2D eigenvalue weighted by Gasteiger charge is 2.57. The number of nitrogens with one attached hydrogen (secondary N) is 2. The zero-order chi connectivity index (χ0) is 73.4. The lowest BCUT2D eigenvalue weighted by molar-refractivity contribution is -0.147. The first kappa shape index (κ1) is 72.3. The third-order valence-corrected chi connectivity index (χ3v) is 21.0. The molecule has 12 unspecified atom stereocenters. The molecule has 0 aliphatic carbocycles. The quantitative estimate of drug-likeness (QED) is 0.0175. The number of hydrogen-bond donors (Lipinski definition) is 8. The number of imidazole rings is 2. The molecule has 0 saturated carbocycles. The molecular formula is C72H76N12O18P2. The summed E-state index contributed by atoms with van der Waals surface area (Å²) in [6, 6.07) is 43.3. The second-order valence-corrected chi connectivity index (χ2v) is 28.7. The number of nitrogen functional groups attached to an aromatic ring is 2. The monoisotopic (exact) mass is 1460 g/mol. The SMILES string of the molecule is CCCOC(=O)C(NP(=O)(OCC1OC(n2c(C)nc3c(OC)nc(N)nc32)C(C)(O)C1O)Oc1cccc2c(-c3cccc(C(NP(=O)(OCC4OC(n5c(C)nc6c(OC)nc(N)nc65)C(C)(O)C4O)Oc4cccc5ccccc45)C(=O)OCc4ccccc4)c3)cccc12)c1ccccc1. The van der Waals surface area contributed by atoms with E-state index in [-0.39, 0.29) is 87.9 Å². The number of ether oxygens (including phenoxy) is 6. The van der Waals surface area contributed by atoms with Gasteiger partial charge in [0.1, 0.15) is 77.5 Å². The van der Waals surface area contributed by atoms with Crippen molar-refractivity contribution in [1.29, 1.82) is 0 Å². The Morgan fingerprint density at radius 2 is 1.04 bits per heavy atom. The van der Waals surface area contributed by atoms with Gasteiger partial charge in [0.25, 0.3) is 0 Å². The van der Waals surface area contributed by atoms with Crippen LogP contribution in [0.25, 0.3) is 55.0 Å². The summed E-state index contributed by atoms with van der Waals surface area (Å²) in [5, 5.41) is 56.0. The van der Waals surface area contributed by atoms with Gasteiger partial charge in [-0.05, 0) is 90.9 Å². The summed E-state index contributed by atoms with van der Waals surface area (Å²) >= 11 is 0. The number of aliphatic hydroxyl groups excluding tert-OH is 2. The van der Waals surface area contributed by atoms with Crippen molar-refractivity contribution in [2.24, 2.45) is 0 Å². The van der Waals surface area contributed by atoms with Crippen LogP contribution in [-0.4, -0.2) is 141 Å². The number of aliphatic hydroxyl groups is 4. The van der Waals surface area contributed by atoms with Crippen molar-refractivity contribution in [3.8, 4) is 34.4 Å². The largest absolute Gasteiger partial charge is 0.479 e. The number of benzene rings is 7. The number of nitrogens with zero attached hydrogens (tertiary/aromatic N) is 8. The third-order valence-electron chi connectivity index (χ3n) is 18.0. The molecular weight excluding hydrogens is 1380 g/mol. The smallest absolute Gasteiger partial charge is 0.459 e. The van der Waals surface area contributed by atoms with E-state index in [1.165, 1.54) is 37.2 Å². The van der Waals surface area contributed by atoms with Gasteiger partial charge in [-0.2, -0.15) is 30.1 Å². The Morgan fingerprint density at radius 3 is 1.61 bits per heavy atom. The number of fused-ring (bicyclic) bond motifs is 4. The summed E-state index contributed by atoms with van der Waals surface area (Å²) in [4.78, 5) is 55.3. The van der Waals surface area contributed by atoms with E-state index in [1.54, 1.807) is 153 Å². The minimum atomic E-state index is -4.97. The molecule has 2 aliphatic heterocycles. The lowest BCUT2D eigenvalue weighted by Crippen LogP contribution is -2.44. The number of rotatable bonds is 27. The molecule has 13 rings (SSSR count). The Bertz CT molecular complexity index is 5110. The van der Waals surface area contributed by atoms with Gasteiger partial charge in [-0.15, -0.1) is 0 Å². The van der Waals surface area contributed by atoms with E-state index < -0.39 is 101 Å². The standard InChI is InChI=1S/C72H76N12O18P2/c1-8-35-95-65(87)55(44-24-13-10-14-25-44)81-103(91,97-38-53-59(85)71(4,89)67(99-53)83-40(2)75-57-61(83)77-69(73)79-63(57)93-6)102-52-34-20-31-49-47(30-19-32-50(49)52)45-27-17-28-46(36-45)56(66(88)96-37-42-21-11-9-12-22-42)82-104(92,101-51-33-18-26-43-23-15-16-29-48(43)51)98-39-54-60(86)72(5,90)68(100-54)84-41(3)76-58-62(84)78-70(74)80-64(58)94-7/h9-34,36,53-56,59-60,67-68,85-86,89-90H,8,35,37-39H2,1-7H3,(H,81,91)(H,82,92)(H2,73,77,79)(H2,74,78,80). The highest BCUT2D eigenvalue weighted by molar-refractivity contribution is 7.52. The zero-order valence-electron chi connectivity index (χ0n) is 57.4. The lowest BCUT2D eigenvalue weighted by Gasteiger charge is -2.28. The molecule has 2 fully saturated rings. The predicted molar refractivity (Wildman–Crippen MR) is 381 cm³/mol. The maximum atomic E-state index is 16.1. The molecule has 7 aromatic carbocycles. The fourth-order valence-electron chi connectivity index (χ4n) is 12.8.